The van der Waals surface area contributed by atoms with Gasteiger partial charge in [0.15, 0.2) is 0 Å². The summed E-state index contributed by atoms with van der Waals surface area (Å²) in [6.45, 7) is 7.87. The zero-order valence-corrected chi connectivity index (χ0v) is 12.6. The van der Waals surface area contributed by atoms with Crippen molar-refractivity contribution in [1.82, 2.24) is 9.80 Å². The van der Waals surface area contributed by atoms with Crippen LogP contribution < -0.4 is 0 Å². The van der Waals surface area contributed by atoms with Crippen molar-refractivity contribution in [2.24, 2.45) is 0 Å². The molecule has 0 bridgehead atoms. The molecule has 1 fully saturated rings. The number of amides is 1. The summed E-state index contributed by atoms with van der Waals surface area (Å²) in [4.78, 5) is 26.8. The van der Waals surface area contributed by atoms with Crippen LogP contribution in [0.2, 0.25) is 0 Å². The molecule has 19 heavy (non-hydrogen) atoms. The van der Waals surface area contributed by atoms with Crippen molar-refractivity contribution >= 4 is 23.6 Å². The molecule has 1 atom stereocenters. The van der Waals surface area contributed by atoms with Gasteiger partial charge in [0.2, 0.25) is 5.91 Å². The second-order valence-electron chi connectivity index (χ2n) is 4.66. The van der Waals surface area contributed by atoms with E-state index in [1.807, 2.05) is 0 Å². The monoisotopic (exact) mass is 288 g/mol. The van der Waals surface area contributed by atoms with Gasteiger partial charge >= 0.3 is 5.97 Å². The van der Waals surface area contributed by atoms with Gasteiger partial charge in [-0.2, -0.15) is 11.8 Å². The normalized spacial score (nSPS) is 19.1. The van der Waals surface area contributed by atoms with Gasteiger partial charge in [0.05, 0.1) is 5.75 Å². The third-order valence-electron chi connectivity index (χ3n) is 3.53. The van der Waals surface area contributed by atoms with Crippen LogP contribution in [0.15, 0.2) is 0 Å². The van der Waals surface area contributed by atoms with E-state index in [0.29, 0.717) is 18.7 Å². The summed E-state index contributed by atoms with van der Waals surface area (Å²) in [5, 5.41) is 9.03. The number of likely N-dealkylation sites (tertiary alicyclic amines) is 1. The fraction of sp³-hybridized carbons (Fsp3) is 0.846. The van der Waals surface area contributed by atoms with Crippen LogP contribution in [-0.4, -0.2) is 70.5 Å². The van der Waals surface area contributed by atoms with Gasteiger partial charge in [0.25, 0.3) is 0 Å². The minimum absolute atomic E-state index is 0.0329. The highest BCUT2D eigenvalue weighted by atomic mass is 32.2. The Morgan fingerprint density at radius 1 is 1.37 bits per heavy atom. The van der Waals surface area contributed by atoms with Gasteiger partial charge in [-0.05, 0) is 25.9 Å². The van der Waals surface area contributed by atoms with E-state index in [1.54, 1.807) is 11.8 Å². The molecule has 0 unspecified atom stereocenters. The fourth-order valence-corrected chi connectivity index (χ4v) is 3.17. The average molecular weight is 288 g/mol. The molecule has 0 aromatic rings. The van der Waals surface area contributed by atoms with Gasteiger partial charge < -0.3 is 14.9 Å². The van der Waals surface area contributed by atoms with Crippen molar-refractivity contribution in [3.05, 3.63) is 0 Å². The first-order valence-electron chi connectivity index (χ1n) is 6.92. The molecule has 0 aromatic heterocycles. The van der Waals surface area contributed by atoms with Gasteiger partial charge in [-0.25, -0.2) is 4.79 Å². The van der Waals surface area contributed by atoms with Crippen molar-refractivity contribution in [3.63, 3.8) is 0 Å². The number of rotatable bonds is 8. The third-order valence-corrected chi connectivity index (χ3v) is 4.45. The number of carboxylic acids is 1. The molecule has 1 saturated heterocycles. The summed E-state index contributed by atoms with van der Waals surface area (Å²) in [7, 11) is 0. The summed E-state index contributed by atoms with van der Waals surface area (Å²) >= 11 is 1.60. The Labute approximate surface area is 119 Å². The molecule has 0 spiro atoms. The van der Waals surface area contributed by atoms with E-state index in [2.05, 4.69) is 18.7 Å². The Balaban J connectivity index is 2.26. The number of hydrogen-bond acceptors (Lipinski definition) is 4. The van der Waals surface area contributed by atoms with Crippen molar-refractivity contribution in [2.75, 3.05) is 37.7 Å². The molecule has 0 saturated carbocycles. The first-order valence-corrected chi connectivity index (χ1v) is 8.08. The maximum atomic E-state index is 12.0. The van der Waals surface area contributed by atoms with E-state index >= 15 is 0 Å². The Morgan fingerprint density at radius 2 is 2.05 bits per heavy atom. The standard InChI is InChI=1S/C13H24N2O3S/c1-3-14(4-2)8-9-19-10-12(16)15-7-5-6-11(15)13(17)18/h11H,3-10H2,1-2H3,(H,17,18)/t11-/m1/s1. The molecule has 5 nitrogen and oxygen atoms in total. The molecule has 1 heterocycles. The van der Waals surface area contributed by atoms with Crippen LogP contribution in [0, 0.1) is 0 Å². The van der Waals surface area contributed by atoms with Crippen molar-refractivity contribution < 1.29 is 14.7 Å². The topological polar surface area (TPSA) is 60.9 Å². The number of carboxylic acid groups (broad SMARTS) is 1. The molecular formula is C13H24N2O3S. The Kier molecular flexibility index (Phi) is 7.23. The highest BCUT2D eigenvalue weighted by Crippen LogP contribution is 2.18. The van der Waals surface area contributed by atoms with Crippen molar-refractivity contribution in [1.29, 1.82) is 0 Å². The van der Waals surface area contributed by atoms with Crippen LogP contribution >= 0.6 is 11.8 Å². The Bertz CT molecular complexity index is 308. The number of aliphatic carboxylic acids is 1. The van der Waals surface area contributed by atoms with E-state index in [-0.39, 0.29) is 5.91 Å². The molecule has 110 valence electrons. The minimum Gasteiger partial charge on any atom is -0.480 e. The van der Waals surface area contributed by atoms with Crippen LogP contribution in [-0.2, 0) is 9.59 Å². The van der Waals surface area contributed by atoms with E-state index < -0.39 is 12.0 Å². The Morgan fingerprint density at radius 3 is 2.63 bits per heavy atom. The number of carbonyl (C=O) groups excluding carboxylic acids is 1. The highest BCUT2D eigenvalue weighted by Gasteiger charge is 2.33. The number of hydrogen-bond donors (Lipinski definition) is 1. The molecule has 0 aliphatic carbocycles. The first-order chi connectivity index (χ1) is 9.10. The lowest BCUT2D eigenvalue weighted by atomic mass is 10.2. The highest BCUT2D eigenvalue weighted by molar-refractivity contribution is 7.99. The molecule has 1 rings (SSSR count). The quantitative estimate of drug-likeness (QED) is 0.679. The SMILES string of the molecule is CCN(CC)CCSCC(=O)N1CCC[C@@H]1C(=O)O. The molecule has 1 aliphatic rings. The van der Waals surface area contributed by atoms with Crippen LogP contribution in [0.5, 0.6) is 0 Å². The van der Waals surface area contributed by atoms with Gasteiger partial charge in [0, 0.05) is 18.8 Å². The third kappa shape index (κ3) is 5.03. The lowest BCUT2D eigenvalue weighted by Gasteiger charge is -2.21. The number of carbonyl (C=O) groups is 2. The zero-order valence-electron chi connectivity index (χ0n) is 11.8. The van der Waals surface area contributed by atoms with Crippen molar-refractivity contribution in [3.8, 4) is 0 Å². The summed E-state index contributed by atoms with van der Waals surface area (Å²) < 4.78 is 0. The largest absolute Gasteiger partial charge is 0.480 e. The Hall–Kier alpha value is -0.750. The second-order valence-corrected chi connectivity index (χ2v) is 5.77. The van der Waals surface area contributed by atoms with Crippen LogP contribution in [0.4, 0.5) is 0 Å². The zero-order chi connectivity index (χ0) is 14.3. The maximum Gasteiger partial charge on any atom is 0.326 e. The minimum atomic E-state index is -0.876. The predicted molar refractivity (Wildman–Crippen MR) is 77.5 cm³/mol. The molecule has 0 radical (unpaired) electrons. The van der Waals surface area contributed by atoms with E-state index in [1.165, 1.54) is 4.90 Å². The fourth-order valence-electron chi connectivity index (χ4n) is 2.30. The predicted octanol–water partition coefficient (Wildman–Crippen LogP) is 1.14. The lowest BCUT2D eigenvalue weighted by Crippen LogP contribution is -2.41. The molecule has 1 amide bonds. The van der Waals surface area contributed by atoms with Gasteiger partial charge in [-0.1, -0.05) is 13.8 Å². The summed E-state index contributed by atoms with van der Waals surface area (Å²) in [6, 6.07) is -0.601. The number of nitrogens with zero attached hydrogens (tertiary/aromatic N) is 2. The van der Waals surface area contributed by atoms with E-state index in [9.17, 15) is 9.59 Å². The van der Waals surface area contributed by atoms with Gasteiger partial charge in [-0.15, -0.1) is 0 Å². The van der Waals surface area contributed by atoms with E-state index in [0.717, 1.165) is 31.8 Å². The number of thioether (sulfide) groups is 1. The maximum absolute atomic E-state index is 12.0. The molecule has 0 aromatic carbocycles. The summed E-state index contributed by atoms with van der Waals surface area (Å²) in [5.74, 6) is 0.401. The summed E-state index contributed by atoms with van der Waals surface area (Å²) in [6.07, 6.45) is 1.39. The van der Waals surface area contributed by atoms with Crippen LogP contribution in [0.25, 0.3) is 0 Å². The molecule has 1 N–H and O–H groups in total. The molecular weight excluding hydrogens is 264 g/mol. The average Bonchev–Trinajstić information content (AvgIpc) is 2.88. The van der Waals surface area contributed by atoms with Crippen molar-refractivity contribution in [2.45, 2.75) is 32.7 Å². The van der Waals surface area contributed by atoms with Crippen LogP contribution in [0.3, 0.4) is 0 Å². The van der Waals surface area contributed by atoms with Gasteiger partial charge in [0.1, 0.15) is 6.04 Å². The first kappa shape index (κ1) is 16.3. The molecule has 1 aliphatic heterocycles. The lowest BCUT2D eigenvalue weighted by molar-refractivity contribution is -0.147. The summed E-state index contributed by atoms with van der Waals surface area (Å²) in [5.41, 5.74) is 0. The van der Waals surface area contributed by atoms with E-state index in [4.69, 9.17) is 5.11 Å². The molecule has 6 heteroatoms. The van der Waals surface area contributed by atoms with Crippen LogP contribution in [0.1, 0.15) is 26.7 Å². The smallest absolute Gasteiger partial charge is 0.326 e. The van der Waals surface area contributed by atoms with Gasteiger partial charge in [-0.3, -0.25) is 4.79 Å². The second kappa shape index (κ2) is 8.43.